The molecule has 11 nitrogen and oxygen atoms in total. The van der Waals surface area contributed by atoms with E-state index in [1.807, 2.05) is 11.0 Å². The maximum absolute atomic E-state index is 14.3. The third kappa shape index (κ3) is 5.63. The summed E-state index contributed by atoms with van der Waals surface area (Å²) in [6.45, 7) is 0.910. The number of anilines is 4. The van der Waals surface area contributed by atoms with Gasteiger partial charge in [0.05, 0.1) is 19.3 Å². The van der Waals surface area contributed by atoms with E-state index < -0.39 is 32.8 Å². The molecule has 1 saturated carbocycles. The summed E-state index contributed by atoms with van der Waals surface area (Å²) < 4.78 is 67.0. The first-order chi connectivity index (χ1) is 20.2. The SMILES string of the molecule is COc1ncc(-c2ccc3c(c2)N(c2ccnc(NC(O)C4CC4)n2)CCO3)cc1NS(=O)(=O)c1ccc(F)cc1F. The Hall–Kier alpha value is -4.56. The molecule has 0 amide bonds. The van der Waals surface area contributed by atoms with E-state index >= 15 is 0 Å². The van der Waals surface area contributed by atoms with Crippen LogP contribution in [0.4, 0.5) is 31.9 Å². The highest BCUT2D eigenvalue weighted by atomic mass is 32.2. The summed E-state index contributed by atoms with van der Waals surface area (Å²) in [5.74, 6) is -0.447. The summed E-state index contributed by atoms with van der Waals surface area (Å²) in [6, 6.07) is 10.9. The third-order valence-electron chi connectivity index (χ3n) is 6.89. The van der Waals surface area contributed by atoms with Gasteiger partial charge in [0.15, 0.2) is 0 Å². The molecule has 6 rings (SSSR count). The van der Waals surface area contributed by atoms with E-state index in [9.17, 15) is 22.3 Å². The molecule has 4 aromatic rings. The molecule has 2 aliphatic rings. The number of aromatic nitrogens is 3. The first kappa shape index (κ1) is 27.6. The normalized spacial score (nSPS) is 15.4. The molecule has 1 aliphatic heterocycles. The minimum absolute atomic E-state index is 0.0368. The number of aliphatic hydroxyl groups is 1. The molecule has 14 heteroatoms. The number of nitrogens with one attached hydrogen (secondary N) is 2. The van der Waals surface area contributed by atoms with Crippen LogP contribution < -0.4 is 24.4 Å². The number of methoxy groups -OCH3 is 1. The molecule has 218 valence electrons. The standard InChI is InChI=1S/C28H26F2N6O5S/c1-40-27-21(35-42(38,39)24-7-5-19(29)14-20(24)30)12-18(15-32-27)17-4-6-23-22(13-17)36(10-11-41-23)25-8-9-31-28(33-25)34-26(37)16-2-3-16/h4-9,12-16,26,35,37H,2-3,10-11H2,1H3,(H,31,33,34). The molecule has 2 aromatic carbocycles. The number of pyridine rings is 1. The topological polar surface area (TPSA) is 139 Å². The maximum Gasteiger partial charge on any atom is 0.264 e. The molecular weight excluding hydrogens is 570 g/mol. The van der Waals surface area contributed by atoms with E-state index in [2.05, 4.69) is 25.0 Å². The summed E-state index contributed by atoms with van der Waals surface area (Å²) in [4.78, 5) is 14.3. The molecule has 2 aromatic heterocycles. The Morgan fingerprint density at radius 3 is 2.69 bits per heavy atom. The monoisotopic (exact) mass is 596 g/mol. The molecule has 3 N–H and O–H groups in total. The van der Waals surface area contributed by atoms with Gasteiger partial charge in [-0.3, -0.25) is 4.72 Å². The highest BCUT2D eigenvalue weighted by Gasteiger charge is 2.30. The highest BCUT2D eigenvalue weighted by molar-refractivity contribution is 7.92. The summed E-state index contributed by atoms with van der Waals surface area (Å²) in [7, 11) is -3.12. The lowest BCUT2D eigenvalue weighted by atomic mass is 10.0. The molecule has 1 aliphatic carbocycles. The number of halogens is 2. The second kappa shape index (κ2) is 11.0. The second-order valence-electron chi connectivity index (χ2n) is 9.81. The maximum atomic E-state index is 14.3. The van der Waals surface area contributed by atoms with Gasteiger partial charge < -0.3 is 24.8 Å². The van der Waals surface area contributed by atoms with Crippen molar-refractivity contribution in [2.75, 3.05) is 35.2 Å². The largest absolute Gasteiger partial charge is 0.490 e. The Morgan fingerprint density at radius 2 is 1.93 bits per heavy atom. The van der Waals surface area contributed by atoms with Crippen molar-refractivity contribution in [2.45, 2.75) is 24.0 Å². The Labute approximate surface area is 240 Å². The van der Waals surface area contributed by atoms with Crippen LogP contribution in [0.1, 0.15) is 12.8 Å². The number of ether oxygens (including phenoxy) is 2. The molecule has 0 spiro atoms. The average molecular weight is 597 g/mol. The summed E-state index contributed by atoms with van der Waals surface area (Å²) in [5, 5.41) is 13.2. The number of nitrogens with zero attached hydrogens (tertiary/aromatic N) is 4. The number of benzene rings is 2. The number of hydrogen-bond donors (Lipinski definition) is 3. The lowest BCUT2D eigenvalue weighted by molar-refractivity contribution is 0.179. The van der Waals surface area contributed by atoms with Gasteiger partial charge in [-0.15, -0.1) is 0 Å². The average Bonchev–Trinajstić information content (AvgIpc) is 3.82. The fourth-order valence-electron chi connectivity index (χ4n) is 4.61. The van der Waals surface area contributed by atoms with Crippen LogP contribution in [-0.2, 0) is 10.0 Å². The van der Waals surface area contributed by atoms with Crippen LogP contribution in [0.3, 0.4) is 0 Å². The van der Waals surface area contributed by atoms with Crippen LogP contribution in [0.5, 0.6) is 11.6 Å². The van der Waals surface area contributed by atoms with Crippen molar-refractivity contribution >= 4 is 33.2 Å². The van der Waals surface area contributed by atoms with Gasteiger partial charge in [0, 0.05) is 29.9 Å². The van der Waals surface area contributed by atoms with E-state index in [1.165, 1.54) is 19.4 Å². The molecule has 0 saturated heterocycles. The van der Waals surface area contributed by atoms with Gasteiger partial charge in [-0.2, -0.15) is 4.98 Å². The smallest absolute Gasteiger partial charge is 0.264 e. The molecule has 1 fully saturated rings. The zero-order chi connectivity index (χ0) is 29.4. The van der Waals surface area contributed by atoms with E-state index in [1.54, 1.807) is 24.4 Å². The molecule has 1 unspecified atom stereocenters. The van der Waals surface area contributed by atoms with Crippen molar-refractivity contribution in [2.24, 2.45) is 5.92 Å². The highest BCUT2D eigenvalue weighted by Crippen LogP contribution is 2.40. The predicted octanol–water partition coefficient (Wildman–Crippen LogP) is 4.30. The number of sulfonamides is 1. The lowest BCUT2D eigenvalue weighted by Crippen LogP contribution is -2.30. The van der Waals surface area contributed by atoms with Gasteiger partial charge in [0.25, 0.3) is 10.0 Å². The van der Waals surface area contributed by atoms with Gasteiger partial charge in [0.1, 0.15) is 46.6 Å². The Balaban J connectivity index is 1.32. The van der Waals surface area contributed by atoms with Crippen molar-refractivity contribution in [3.8, 4) is 22.8 Å². The van der Waals surface area contributed by atoms with E-state index in [0.29, 0.717) is 53.5 Å². The van der Waals surface area contributed by atoms with Gasteiger partial charge in [-0.05, 0) is 54.8 Å². The second-order valence-corrected chi connectivity index (χ2v) is 11.5. The van der Waals surface area contributed by atoms with E-state index in [0.717, 1.165) is 25.0 Å². The van der Waals surface area contributed by atoms with Crippen molar-refractivity contribution in [1.82, 2.24) is 15.0 Å². The van der Waals surface area contributed by atoms with Gasteiger partial charge >= 0.3 is 0 Å². The fraction of sp³-hybridized carbons (Fsp3) is 0.250. The van der Waals surface area contributed by atoms with Crippen LogP contribution >= 0.6 is 0 Å². The Kier molecular flexibility index (Phi) is 7.24. The molecule has 3 heterocycles. The Bertz CT molecular complexity index is 1760. The summed E-state index contributed by atoms with van der Waals surface area (Å²) in [6.07, 6.45) is 4.33. The first-order valence-corrected chi connectivity index (χ1v) is 14.5. The quantitative estimate of drug-likeness (QED) is 0.240. The minimum atomic E-state index is -4.44. The number of hydrogen-bond acceptors (Lipinski definition) is 10. The van der Waals surface area contributed by atoms with Crippen LogP contribution in [0.25, 0.3) is 11.1 Å². The Morgan fingerprint density at radius 1 is 1.10 bits per heavy atom. The van der Waals surface area contributed by atoms with E-state index in [-0.39, 0.29) is 17.5 Å². The molecule has 1 atom stereocenters. The summed E-state index contributed by atoms with van der Waals surface area (Å²) >= 11 is 0. The first-order valence-electron chi connectivity index (χ1n) is 13.1. The zero-order valence-electron chi connectivity index (χ0n) is 22.3. The van der Waals surface area contributed by atoms with Crippen LogP contribution in [0.2, 0.25) is 0 Å². The molecule has 42 heavy (non-hydrogen) atoms. The summed E-state index contributed by atoms with van der Waals surface area (Å²) in [5.41, 5.74) is 1.87. The number of fused-ring (bicyclic) bond motifs is 1. The van der Waals surface area contributed by atoms with Crippen molar-refractivity contribution in [3.63, 3.8) is 0 Å². The van der Waals surface area contributed by atoms with E-state index in [4.69, 9.17) is 9.47 Å². The minimum Gasteiger partial charge on any atom is -0.490 e. The van der Waals surface area contributed by atoms with Gasteiger partial charge in [-0.25, -0.2) is 27.2 Å². The molecule has 0 radical (unpaired) electrons. The number of rotatable bonds is 9. The van der Waals surface area contributed by atoms with Crippen LogP contribution in [0.15, 0.2) is 65.8 Å². The van der Waals surface area contributed by atoms with Gasteiger partial charge in [0.2, 0.25) is 11.8 Å². The zero-order valence-corrected chi connectivity index (χ0v) is 23.1. The van der Waals surface area contributed by atoms with Crippen LogP contribution in [-0.4, -0.2) is 55.0 Å². The third-order valence-corrected chi connectivity index (χ3v) is 8.29. The van der Waals surface area contributed by atoms with Crippen molar-refractivity contribution < 1.29 is 31.8 Å². The lowest BCUT2D eigenvalue weighted by Gasteiger charge is -2.31. The number of aliphatic hydroxyl groups excluding tert-OH is 1. The molecular formula is C28H26F2N6O5S. The van der Waals surface area contributed by atoms with Crippen molar-refractivity contribution in [3.05, 3.63) is 72.6 Å². The molecule has 0 bridgehead atoms. The fourth-order valence-corrected chi connectivity index (χ4v) is 5.71. The van der Waals surface area contributed by atoms with Crippen molar-refractivity contribution in [1.29, 1.82) is 0 Å². The van der Waals surface area contributed by atoms with Crippen LogP contribution in [0, 0.1) is 17.6 Å². The predicted molar refractivity (Wildman–Crippen MR) is 150 cm³/mol. The van der Waals surface area contributed by atoms with Gasteiger partial charge in [-0.1, -0.05) is 6.07 Å².